The average molecular weight is 392 g/mol. The van der Waals surface area contributed by atoms with Crippen LogP contribution >= 0.6 is 0 Å². The Kier molecular flexibility index (Phi) is 3.90. The van der Waals surface area contributed by atoms with Crippen molar-refractivity contribution in [3.8, 4) is 34.0 Å². The Bertz CT molecular complexity index is 1320. The molecule has 3 aromatic heterocycles. The second kappa shape index (κ2) is 6.59. The number of aromatic nitrogens is 4. The molecule has 0 saturated heterocycles. The van der Waals surface area contributed by atoms with Crippen molar-refractivity contribution in [2.45, 2.75) is 0 Å². The van der Waals surface area contributed by atoms with Crippen molar-refractivity contribution in [3.63, 3.8) is 0 Å². The van der Waals surface area contributed by atoms with Crippen LogP contribution in [0.2, 0.25) is 0 Å². The second-order valence-corrected chi connectivity index (χ2v) is 6.31. The molecule has 5 rings (SSSR count). The molecule has 3 heterocycles. The fourth-order valence-corrected chi connectivity index (χ4v) is 3.21. The molecule has 0 bridgehead atoms. The van der Waals surface area contributed by atoms with Gasteiger partial charge in [-0.3, -0.25) is 4.40 Å². The summed E-state index contributed by atoms with van der Waals surface area (Å²) in [5.41, 5.74) is 1.43. The van der Waals surface area contributed by atoms with E-state index >= 15 is 0 Å². The lowest BCUT2D eigenvalue weighted by Crippen LogP contribution is -1.95. The third kappa shape index (κ3) is 2.85. The predicted octanol–water partition coefficient (Wildman–Crippen LogP) is 5.14. The first-order valence-corrected chi connectivity index (χ1v) is 8.61. The molecular formula is C21H11F3N4O. The third-order valence-electron chi connectivity index (χ3n) is 4.51. The van der Waals surface area contributed by atoms with E-state index in [0.29, 0.717) is 29.2 Å². The van der Waals surface area contributed by atoms with Gasteiger partial charge >= 0.3 is 0 Å². The van der Waals surface area contributed by atoms with Gasteiger partial charge in [-0.05, 0) is 12.1 Å². The van der Waals surface area contributed by atoms with Crippen LogP contribution in [0.3, 0.4) is 0 Å². The first kappa shape index (κ1) is 17.2. The van der Waals surface area contributed by atoms with E-state index in [1.54, 1.807) is 22.7 Å². The maximum Gasteiger partial charge on any atom is 0.182 e. The molecule has 0 aliphatic heterocycles. The lowest BCUT2D eigenvalue weighted by atomic mass is 10.1. The van der Waals surface area contributed by atoms with Gasteiger partial charge in [0.25, 0.3) is 0 Å². The Morgan fingerprint density at radius 2 is 1.59 bits per heavy atom. The van der Waals surface area contributed by atoms with Crippen LogP contribution in [0.25, 0.3) is 39.6 Å². The first-order chi connectivity index (χ1) is 14.1. The highest BCUT2D eigenvalue weighted by Gasteiger charge is 2.22. The molecule has 0 saturated carbocycles. The zero-order valence-electron chi connectivity index (χ0n) is 14.7. The lowest BCUT2D eigenvalue weighted by molar-refractivity contribution is 0.546. The number of fused-ring (bicyclic) bond motifs is 1. The number of nitrogens with zero attached hydrogens (tertiary/aromatic N) is 4. The number of pyridine rings is 1. The minimum Gasteiger partial charge on any atom is -0.443 e. The van der Waals surface area contributed by atoms with E-state index < -0.39 is 23.0 Å². The molecule has 0 aliphatic carbocycles. The quantitative estimate of drug-likeness (QED) is 0.427. The van der Waals surface area contributed by atoms with Crippen molar-refractivity contribution < 1.29 is 17.6 Å². The van der Waals surface area contributed by atoms with Crippen LogP contribution in [-0.2, 0) is 0 Å². The summed E-state index contributed by atoms with van der Waals surface area (Å²) < 4.78 is 49.0. The number of oxazole rings is 1. The number of rotatable bonds is 3. The van der Waals surface area contributed by atoms with Crippen molar-refractivity contribution in [2.75, 3.05) is 0 Å². The highest BCUT2D eigenvalue weighted by atomic mass is 19.1. The smallest absolute Gasteiger partial charge is 0.182 e. The minimum absolute atomic E-state index is 0.0614. The average Bonchev–Trinajstić information content (AvgIpc) is 3.34. The molecule has 29 heavy (non-hydrogen) atoms. The number of benzene rings is 2. The van der Waals surface area contributed by atoms with E-state index in [2.05, 4.69) is 15.2 Å². The molecule has 0 unspecified atom stereocenters. The van der Waals surface area contributed by atoms with Crippen LogP contribution in [0.5, 0.6) is 0 Å². The van der Waals surface area contributed by atoms with Crippen molar-refractivity contribution in [1.82, 2.24) is 19.6 Å². The Labute approximate surface area is 162 Å². The second-order valence-electron chi connectivity index (χ2n) is 6.31. The fourth-order valence-electron chi connectivity index (χ4n) is 3.21. The summed E-state index contributed by atoms with van der Waals surface area (Å²) in [5, 5.41) is 8.35. The Morgan fingerprint density at radius 1 is 0.828 bits per heavy atom. The largest absolute Gasteiger partial charge is 0.443 e. The number of halogens is 3. The molecule has 0 fully saturated rings. The number of hydrogen-bond acceptors (Lipinski definition) is 4. The maximum atomic E-state index is 14.3. The van der Waals surface area contributed by atoms with Crippen LogP contribution in [0.15, 0.2) is 71.6 Å². The van der Waals surface area contributed by atoms with E-state index in [1.807, 2.05) is 30.3 Å². The minimum atomic E-state index is -1.06. The molecule has 142 valence electrons. The summed E-state index contributed by atoms with van der Waals surface area (Å²) in [7, 11) is 0. The van der Waals surface area contributed by atoms with Crippen molar-refractivity contribution in [1.29, 1.82) is 0 Å². The van der Waals surface area contributed by atoms with Crippen LogP contribution in [0, 0.1) is 17.5 Å². The SMILES string of the molecule is Fc1cc(F)c(-c2ncoc2-c2ccc3nnc(-c4ccccc4)n3c2)c(F)c1. The molecule has 0 N–H and O–H groups in total. The molecule has 0 atom stereocenters. The van der Waals surface area contributed by atoms with Gasteiger partial charge in [0, 0.05) is 29.5 Å². The summed E-state index contributed by atoms with van der Waals surface area (Å²) in [6, 6.07) is 14.0. The van der Waals surface area contributed by atoms with E-state index in [1.165, 1.54) is 0 Å². The molecule has 8 heteroatoms. The van der Waals surface area contributed by atoms with Gasteiger partial charge in [-0.2, -0.15) is 0 Å². The zero-order valence-corrected chi connectivity index (χ0v) is 14.7. The molecule has 5 nitrogen and oxygen atoms in total. The lowest BCUT2D eigenvalue weighted by Gasteiger charge is -2.06. The summed E-state index contributed by atoms with van der Waals surface area (Å²) >= 11 is 0. The van der Waals surface area contributed by atoms with Crippen molar-refractivity contribution >= 4 is 5.65 Å². The predicted molar refractivity (Wildman–Crippen MR) is 99.2 cm³/mol. The summed E-state index contributed by atoms with van der Waals surface area (Å²) in [5.74, 6) is -2.39. The third-order valence-corrected chi connectivity index (χ3v) is 4.51. The normalized spacial score (nSPS) is 11.3. The zero-order chi connectivity index (χ0) is 20.0. The van der Waals surface area contributed by atoms with Crippen LogP contribution in [-0.4, -0.2) is 19.6 Å². The van der Waals surface area contributed by atoms with Gasteiger partial charge in [0.15, 0.2) is 23.6 Å². The van der Waals surface area contributed by atoms with Gasteiger partial charge in [0.2, 0.25) is 0 Å². The van der Waals surface area contributed by atoms with Gasteiger partial charge < -0.3 is 4.42 Å². The monoisotopic (exact) mass is 392 g/mol. The van der Waals surface area contributed by atoms with E-state index in [9.17, 15) is 13.2 Å². The highest BCUT2D eigenvalue weighted by molar-refractivity contribution is 5.78. The maximum absolute atomic E-state index is 14.3. The van der Waals surface area contributed by atoms with Crippen molar-refractivity contribution in [2.24, 2.45) is 0 Å². The van der Waals surface area contributed by atoms with E-state index in [-0.39, 0.29) is 11.5 Å². The van der Waals surface area contributed by atoms with E-state index in [4.69, 9.17) is 4.42 Å². The topological polar surface area (TPSA) is 56.2 Å². The molecule has 0 amide bonds. The first-order valence-electron chi connectivity index (χ1n) is 8.61. The summed E-state index contributed by atoms with van der Waals surface area (Å²) in [6.07, 6.45) is 2.78. The molecule has 0 radical (unpaired) electrons. The van der Waals surface area contributed by atoms with Gasteiger partial charge in [-0.25, -0.2) is 18.2 Å². The number of hydrogen-bond donors (Lipinski definition) is 0. The van der Waals surface area contributed by atoms with Gasteiger partial charge in [0.05, 0.1) is 5.56 Å². The molecule has 2 aromatic carbocycles. The molecular weight excluding hydrogens is 381 g/mol. The van der Waals surface area contributed by atoms with Gasteiger partial charge in [-0.15, -0.1) is 10.2 Å². The Morgan fingerprint density at radius 3 is 2.34 bits per heavy atom. The molecule has 5 aromatic rings. The Balaban J connectivity index is 1.68. The van der Waals surface area contributed by atoms with E-state index in [0.717, 1.165) is 12.0 Å². The summed E-state index contributed by atoms with van der Waals surface area (Å²) in [6.45, 7) is 0. The summed E-state index contributed by atoms with van der Waals surface area (Å²) in [4.78, 5) is 3.95. The van der Waals surface area contributed by atoms with Crippen LogP contribution in [0.1, 0.15) is 0 Å². The standard InChI is InChI=1S/C21H11F3N4O/c22-14-8-15(23)18(16(24)9-14)19-20(29-11-25-19)13-6-7-17-26-27-21(28(17)10-13)12-4-2-1-3-5-12/h1-11H. The van der Waals surface area contributed by atoms with Crippen LogP contribution in [0.4, 0.5) is 13.2 Å². The molecule has 0 aliphatic rings. The van der Waals surface area contributed by atoms with Gasteiger partial charge in [0.1, 0.15) is 23.1 Å². The van der Waals surface area contributed by atoms with Crippen molar-refractivity contribution in [3.05, 3.63) is 84.6 Å². The Hall–Kier alpha value is -3.94. The highest BCUT2D eigenvalue weighted by Crippen LogP contribution is 2.35. The molecule has 0 spiro atoms. The fraction of sp³-hybridized carbons (Fsp3) is 0. The van der Waals surface area contributed by atoms with Gasteiger partial charge in [-0.1, -0.05) is 30.3 Å². The van der Waals surface area contributed by atoms with Crippen LogP contribution < -0.4 is 0 Å².